The van der Waals surface area contributed by atoms with E-state index in [1.165, 1.54) is 0 Å². The molecular weight excluding hydrogens is 258 g/mol. The fourth-order valence-electron chi connectivity index (χ4n) is 1.30. The van der Waals surface area contributed by atoms with Crippen molar-refractivity contribution in [1.29, 1.82) is 0 Å². The Kier molecular flexibility index (Phi) is 2.71. The largest absolute Gasteiger partial charge is 0.271 e. The molecule has 1 amide bonds. The molecule has 0 aromatic carbocycles. The van der Waals surface area contributed by atoms with Crippen molar-refractivity contribution >= 4 is 52.3 Å². The van der Waals surface area contributed by atoms with Gasteiger partial charge in [0.2, 0.25) is 3.79 Å². The highest BCUT2D eigenvalue weighted by Crippen LogP contribution is 2.31. The van der Waals surface area contributed by atoms with Crippen molar-refractivity contribution in [2.75, 3.05) is 0 Å². The maximum atomic E-state index is 11.6. The van der Waals surface area contributed by atoms with E-state index in [1.807, 2.05) is 0 Å². The minimum Gasteiger partial charge on any atom is -0.271 e. The van der Waals surface area contributed by atoms with E-state index in [9.17, 15) is 4.79 Å². The van der Waals surface area contributed by atoms with Crippen molar-refractivity contribution in [3.05, 3.63) is 24.3 Å². The number of allylic oxidation sites excluding steroid dienone is 3. The topological polar surface area (TPSA) is 41.8 Å². The second-order valence-electron chi connectivity index (χ2n) is 3.03. The van der Waals surface area contributed by atoms with Gasteiger partial charge in [0.05, 0.1) is 5.71 Å². The van der Waals surface area contributed by atoms with E-state index >= 15 is 0 Å². The molecule has 0 saturated carbocycles. The summed E-state index contributed by atoms with van der Waals surface area (Å²) in [5.41, 5.74) is 0.554. The van der Waals surface area contributed by atoms with Gasteiger partial charge in [-0.15, -0.1) is 0 Å². The molecule has 0 N–H and O–H groups in total. The number of carbonyl (C=O) groups is 1. The van der Waals surface area contributed by atoms with E-state index in [0.717, 1.165) is 0 Å². The molecule has 0 saturated heterocycles. The molecule has 0 bridgehead atoms. The van der Waals surface area contributed by atoms with E-state index < -0.39 is 9.71 Å². The molecule has 78 valence electrons. The van der Waals surface area contributed by atoms with Crippen LogP contribution in [0.15, 0.2) is 34.3 Å². The zero-order valence-corrected chi connectivity index (χ0v) is 9.59. The van der Waals surface area contributed by atoms with E-state index in [1.54, 1.807) is 24.3 Å². The van der Waals surface area contributed by atoms with Gasteiger partial charge in [0.15, 0.2) is 5.84 Å². The molecule has 15 heavy (non-hydrogen) atoms. The third kappa shape index (κ3) is 2.14. The Balaban J connectivity index is 2.42. The Morgan fingerprint density at radius 3 is 2.60 bits per heavy atom. The number of alkyl halides is 3. The summed E-state index contributed by atoms with van der Waals surface area (Å²) in [6, 6.07) is 0. The Labute approximate surface area is 101 Å². The number of fused-ring (bicyclic) bond motifs is 1. The van der Waals surface area contributed by atoms with Gasteiger partial charge in [-0.1, -0.05) is 53.0 Å². The molecular formula is C9H5Cl3N2O. The molecule has 1 heterocycles. The van der Waals surface area contributed by atoms with Gasteiger partial charge in [-0.25, -0.2) is 4.99 Å². The lowest BCUT2D eigenvalue weighted by Crippen LogP contribution is -2.31. The van der Waals surface area contributed by atoms with Crippen LogP contribution in [0.5, 0.6) is 0 Å². The van der Waals surface area contributed by atoms with Crippen molar-refractivity contribution in [2.45, 2.75) is 3.79 Å². The SMILES string of the molecule is O=C1N=C(C(Cl)(Cl)Cl)N=C2C=CC=CC12. The maximum absolute atomic E-state index is 11.6. The molecule has 3 nitrogen and oxygen atoms in total. The van der Waals surface area contributed by atoms with Crippen molar-refractivity contribution in [1.82, 2.24) is 0 Å². The summed E-state index contributed by atoms with van der Waals surface area (Å²) in [5.74, 6) is -0.878. The lowest BCUT2D eigenvalue weighted by atomic mass is 9.97. The third-order valence-corrected chi connectivity index (χ3v) is 2.48. The van der Waals surface area contributed by atoms with Crippen molar-refractivity contribution in [3.8, 4) is 0 Å². The third-order valence-electron chi connectivity index (χ3n) is 1.97. The summed E-state index contributed by atoms with van der Waals surface area (Å²) in [6.07, 6.45) is 6.94. The normalized spacial score (nSPS) is 24.7. The molecule has 1 aliphatic carbocycles. The number of aliphatic imine (C=N–C) groups is 2. The van der Waals surface area contributed by atoms with E-state index in [0.29, 0.717) is 5.71 Å². The number of hydrogen-bond donors (Lipinski definition) is 0. The van der Waals surface area contributed by atoms with E-state index in [4.69, 9.17) is 34.8 Å². The van der Waals surface area contributed by atoms with Gasteiger partial charge >= 0.3 is 0 Å². The predicted octanol–water partition coefficient (Wildman–Crippen LogP) is 2.48. The maximum Gasteiger partial charge on any atom is 0.260 e. The van der Waals surface area contributed by atoms with Crippen molar-refractivity contribution in [3.63, 3.8) is 0 Å². The molecule has 1 atom stereocenters. The van der Waals surface area contributed by atoms with Gasteiger partial charge in [0.25, 0.3) is 5.91 Å². The smallest absolute Gasteiger partial charge is 0.260 e. The second kappa shape index (κ2) is 3.74. The highest BCUT2D eigenvalue weighted by Gasteiger charge is 2.35. The summed E-state index contributed by atoms with van der Waals surface area (Å²) in [6.45, 7) is 0. The number of hydrogen-bond acceptors (Lipinski definition) is 2. The van der Waals surface area contributed by atoms with Crippen molar-refractivity contribution in [2.24, 2.45) is 15.9 Å². The molecule has 6 heteroatoms. The fraction of sp³-hybridized carbons (Fsp3) is 0.222. The number of rotatable bonds is 0. The van der Waals surface area contributed by atoms with E-state index in [2.05, 4.69) is 9.98 Å². The number of halogens is 3. The molecule has 1 unspecified atom stereocenters. The predicted molar refractivity (Wildman–Crippen MR) is 61.9 cm³/mol. The minimum atomic E-state index is -1.76. The van der Waals surface area contributed by atoms with Crippen LogP contribution in [0.3, 0.4) is 0 Å². The average molecular weight is 264 g/mol. The molecule has 0 radical (unpaired) electrons. The Morgan fingerprint density at radius 1 is 1.20 bits per heavy atom. The molecule has 0 spiro atoms. The number of amidine groups is 1. The quantitative estimate of drug-likeness (QED) is 0.619. The van der Waals surface area contributed by atoms with Crippen LogP contribution in [-0.4, -0.2) is 21.2 Å². The fourth-order valence-corrected chi connectivity index (χ4v) is 1.55. The van der Waals surface area contributed by atoms with Gasteiger partial charge < -0.3 is 0 Å². The second-order valence-corrected chi connectivity index (χ2v) is 5.31. The summed E-state index contributed by atoms with van der Waals surface area (Å²) in [5, 5.41) is 0. The summed E-state index contributed by atoms with van der Waals surface area (Å²) in [7, 11) is 0. The highest BCUT2D eigenvalue weighted by molar-refractivity contribution is 6.77. The number of nitrogens with zero attached hydrogens (tertiary/aromatic N) is 2. The van der Waals surface area contributed by atoms with Gasteiger partial charge in [-0.05, 0) is 6.08 Å². The summed E-state index contributed by atoms with van der Waals surface area (Å²) < 4.78 is -1.76. The highest BCUT2D eigenvalue weighted by atomic mass is 35.6. The first-order valence-electron chi connectivity index (χ1n) is 4.11. The van der Waals surface area contributed by atoms with Crippen LogP contribution in [-0.2, 0) is 4.79 Å². The zero-order chi connectivity index (χ0) is 11.1. The van der Waals surface area contributed by atoms with Crippen LogP contribution in [0, 0.1) is 5.92 Å². The van der Waals surface area contributed by atoms with Gasteiger partial charge in [-0.3, -0.25) is 4.79 Å². The first-order chi connectivity index (χ1) is 6.98. The molecule has 0 aromatic rings. The molecule has 0 aromatic heterocycles. The van der Waals surface area contributed by atoms with Crippen LogP contribution in [0.25, 0.3) is 0 Å². The summed E-state index contributed by atoms with van der Waals surface area (Å²) in [4.78, 5) is 19.2. The lowest BCUT2D eigenvalue weighted by Gasteiger charge is -2.20. The standard InChI is InChI=1S/C9H5Cl3N2O/c10-9(11,12)8-13-6-4-2-1-3-5(6)7(15)14-8/h1-5H. The van der Waals surface area contributed by atoms with Crippen LogP contribution in [0.2, 0.25) is 0 Å². The van der Waals surface area contributed by atoms with Gasteiger partial charge in [0, 0.05) is 0 Å². The molecule has 0 fully saturated rings. The van der Waals surface area contributed by atoms with Crippen LogP contribution < -0.4 is 0 Å². The summed E-state index contributed by atoms with van der Waals surface area (Å²) >= 11 is 16.8. The van der Waals surface area contributed by atoms with Gasteiger partial charge in [-0.2, -0.15) is 4.99 Å². The monoisotopic (exact) mass is 262 g/mol. The first kappa shape index (κ1) is 10.9. The molecule has 2 aliphatic rings. The number of carbonyl (C=O) groups excluding carboxylic acids is 1. The molecule has 1 aliphatic heterocycles. The van der Waals surface area contributed by atoms with Crippen LogP contribution >= 0.6 is 34.8 Å². The van der Waals surface area contributed by atoms with Crippen LogP contribution in [0.4, 0.5) is 0 Å². The Hall–Kier alpha value is -0.640. The Bertz CT molecular complexity index is 429. The number of amides is 1. The Morgan fingerprint density at radius 2 is 1.93 bits per heavy atom. The van der Waals surface area contributed by atoms with Crippen LogP contribution in [0.1, 0.15) is 0 Å². The minimum absolute atomic E-state index is 0.0799. The van der Waals surface area contributed by atoms with Crippen molar-refractivity contribution < 1.29 is 4.79 Å². The van der Waals surface area contributed by atoms with E-state index in [-0.39, 0.29) is 11.7 Å². The zero-order valence-electron chi connectivity index (χ0n) is 7.32. The van der Waals surface area contributed by atoms with Gasteiger partial charge in [0.1, 0.15) is 5.92 Å². The first-order valence-corrected chi connectivity index (χ1v) is 5.25. The average Bonchev–Trinajstić information content (AvgIpc) is 2.16. The lowest BCUT2D eigenvalue weighted by molar-refractivity contribution is -0.118. The molecule has 2 rings (SSSR count).